The van der Waals surface area contributed by atoms with Crippen LogP contribution in [0.1, 0.15) is 11.1 Å². The lowest BCUT2D eigenvalue weighted by Crippen LogP contribution is -2.31. The van der Waals surface area contributed by atoms with Crippen LogP contribution in [-0.4, -0.2) is 51.1 Å². The minimum Gasteiger partial charge on any atom is -0.482 e. The number of anilines is 1. The van der Waals surface area contributed by atoms with Crippen LogP contribution in [0.5, 0.6) is 5.75 Å². The molecule has 2 rings (SSSR count). The quantitative estimate of drug-likeness (QED) is 0.669. The van der Waals surface area contributed by atoms with Crippen molar-refractivity contribution >= 4 is 17.6 Å². The number of benzene rings is 2. The first-order valence-electron chi connectivity index (χ1n) is 8.70. The number of likely N-dealkylation sites (N-methyl/N-ethyl adjacent to an activating group) is 1. The van der Waals surface area contributed by atoms with Gasteiger partial charge in [-0.15, -0.1) is 0 Å². The van der Waals surface area contributed by atoms with E-state index in [1.54, 1.807) is 13.1 Å². The highest BCUT2D eigenvalue weighted by Crippen LogP contribution is 2.14. The number of ether oxygens (including phenoxy) is 2. The Bertz CT molecular complexity index is 772. The number of carbonyl (C=O) groups is 2. The van der Waals surface area contributed by atoms with E-state index in [-0.39, 0.29) is 19.1 Å². The lowest BCUT2D eigenvalue weighted by atomic mass is 10.2. The molecule has 6 nitrogen and oxygen atoms in total. The summed E-state index contributed by atoms with van der Waals surface area (Å²) < 4.78 is 10.4. The van der Waals surface area contributed by atoms with Gasteiger partial charge in [-0.1, -0.05) is 24.3 Å². The van der Waals surface area contributed by atoms with Crippen LogP contribution >= 0.6 is 0 Å². The summed E-state index contributed by atoms with van der Waals surface area (Å²) in [5.74, 6) is -0.249. The molecule has 0 atom stereocenters. The monoisotopic (exact) mass is 370 g/mol. The van der Waals surface area contributed by atoms with E-state index >= 15 is 0 Å². The Morgan fingerprint density at radius 2 is 1.67 bits per heavy atom. The molecule has 0 aliphatic heterocycles. The van der Waals surface area contributed by atoms with Crippen LogP contribution in [-0.2, 0) is 20.9 Å². The van der Waals surface area contributed by atoms with Crippen molar-refractivity contribution in [1.29, 1.82) is 0 Å². The van der Waals surface area contributed by atoms with E-state index < -0.39 is 5.97 Å². The molecule has 0 unspecified atom stereocenters. The van der Waals surface area contributed by atoms with Crippen molar-refractivity contribution in [3.63, 3.8) is 0 Å². The van der Waals surface area contributed by atoms with Gasteiger partial charge in [-0.2, -0.15) is 0 Å². The number of amides is 1. The van der Waals surface area contributed by atoms with Crippen molar-refractivity contribution in [2.75, 3.05) is 39.3 Å². The Morgan fingerprint density at radius 1 is 0.963 bits per heavy atom. The minimum absolute atomic E-state index is 0.230. The van der Waals surface area contributed by atoms with Crippen LogP contribution in [0, 0.1) is 6.92 Å². The molecule has 0 bridgehead atoms. The zero-order chi connectivity index (χ0) is 19.8. The van der Waals surface area contributed by atoms with Gasteiger partial charge in [-0.05, 0) is 42.3 Å². The van der Waals surface area contributed by atoms with E-state index in [1.165, 1.54) is 4.90 Å². The van der Waals surface area contributed by atoms with Crippen molar-refractivity contribution in [2.24, 2.45) is 0 Å². The number of esters is 1. The first kappa shape index (κ1) is 20.3. The van der Waals surface area contributed by atoms with Crippen molar-refractivity contribution in [2.45, 2.75) is 13.5 Å². The Hall–Kier alpha value is -3.02. The zero-order valence-corrected chi connectivity index (χ0v) is 16.3. The fourth-order valence-electron chi connectivity index (χ4n) is 2.40. The van der Waals surface area contributed by atoms with Gasteiger partial charge in [-0.3, -0.25) is 4.79 Å². The van der Waals surface area contributed by atoms with Crippen molar-refractivity contribution in [1.82, 2.24) is 4.90 Å². The van der Waals surface area contributed by atoms with Crippen LogP contribution in [0.2, 0.25) is 0 Å². The Labute approximate surface area is 160 Å². The molecule has 6 heteroatoms. The Morgan fingerprint density at radius 3 is 2.30 bits per heavy atom. The maximum Gasteiger partial charge on any atom is 0.344 e. The van der Waals surface area contributed by atoms with E-state index in [0.717, 1.165) is 16.8 Å². The molecular formula is C21H26N2O4. The predicted molar refractivity (Wildman–Crippen MR) is 105 cm³/mol. The van der Waals surface area contributed by atoms with Gasteiger partial charge in [0.05, 0.1) is 0 Å². The first-order valence-corrected chi connectivity index (χ1v) is 8.70. The van der Waals surface area contributed by atoms with Crippen molar-refractivity contribution in [3.8, 4) is 5.75 Å². The third-order valence-corrected chi connectivity index (χ3v) is 4.00. The summed E-state index contributed by atoms with van der Waals surface area (Å²) >= 11 is 0. The summed E-state index contributed by atoms with van der Waals surface area (Å²) in [7, 11) is 5.63. The molecule has 0 aliphatic carbocycles. The lowest BCUT2D eigenvalue weighted by molar-refractivity contribution is -0.153. The van der Waals surface area contributed by atoms with Crippen LogP contribution in [0.4, 0.5) is 5.69 Å². The SMILES string of the molecule is Cc1cccc(OCC(=O)OCC(=O)N(C)Cc2ccc(N(C)C)cc2)c1. The van der Waals surface area contributed by atoms with E-state index in [0.29, 0.717) is 12.3 Å². The molecule has 0 aromatic heterocycles. The molecule has 0 radical (unpaired) electrons. The fraction of sp³-hybridized carbons (Fsp3) is 0.333. The summed E-state index contributed by atoms with van der Waals surface area (Å²) in [6, 6.07) is 15.3. The van der Waals surface area contributed by atoms with E-state index in [9.17, 15) is 9.59 Å². The van der Waals surface area contributed by atoms with Crippen LogP contribution in [0.25, 0.3) is 0 Å². The van der Waals surface area contributed by atoms with E-state index in [1.807, 2.05) is 68.4 Å². The summed E-state index contributed by atoms with van der Waals surface area (Å²) in [5, 5.41) is 0. The molecule has 0 fully saturated rings. The molecule has 0 saturated heterocycles. The summed E-state index contributed by atoms with van der Waals surface area (Å²) in [5.41, 5.74) is 3.14. The zero-order valence-electron chi connectivity index (χ0n) is 16.3. The van der Waals surface area contributed by atoms with E-state index in [4.69, 9.17) is 9.47 Å². The Balaban J connectivity index is 1.74. The topological polar surface area (TPSA) is 59.1 Å². The average molecular weight is 370 g/mol. The molecule has 0 aliphatic rings. The number of carbonyl (C=O) groups excluding carboxylic acids is 2. The molecule has 1 amide bonds. The van der Waals surface area contributed by atoms with Gasteiger partial charge < -0.3 is 19.3 Å². The number of hydrogen-bond donors (Lipinski definition) is 0. The average Bonchev–Trinajstić information content (AvgIpc) is 2.64. The molecule has 0 spiro atoms. The third kappa shape index (κ3) is 6.66. The molecule has 0 saturated carbocycles. The second-order valence-corrected chi connectivity index (χ2v) is 6.58. The number of rotatable bonds is 8. The number of nitrogens with zero attached hydrogens (tertiary/aromatic N) is 2. The van der Waals surface area contributed by atoms with Crippen LogP contribution in [0.3, 0.4) is 0 Å². The van der Waals surface area contributed by atoms with Gasteiger partial charge in [0, 0.05) is 33.4 Å². The minimum atomic E-state index is -0.575. The largest absolute Gasteiger partial charge is 0.482 e. The number of aryl methyl sites for hydroxylation is 1. The summed E-state index contributed by atoms with van der Waals surface area (Å²) in [4.78, 5) is 27.4. The highest BCUT2D eigenvalue weighted by molar-refractivity contribution is 5.80. The van der Waals surface area contributed by atoms with Gasteiger partial charge in [-0.25, -0.2) is 4.79 Å². The molecule has 144 valence electrons. The maximum atomic E-state index is 12.1. The highest BCUT2D eigenvalue weighted by Gasteiger charge is 2.13. The van der Waals surface area contributed by atoms with Crippen LogP contribution < -0.4 is 9.64 Å². The van der Waals surface area contributed by atoms with Gasteiger partial charge in [0.25, 0.3) is 5.91 Å². The molecule has 0 heterocycles. The standard InChI is InChI=1S/C21H26N2O4/c1-16-6-5-7-19(12-16)26-15-21(25)27-14-20(24)23(4)13-17-8-10-18(11-9-17)22(2)3/h5-12H,13-15H2,1-4H3. The fourth-order valence-corrected chi connectivity index (χ4v) is 2.40. The second-order valence-electron chi connectivity index (χ2n) is 6.58. The molecular weight excluding hydrogens is 344 g/mol. The first-order chi connectivity index (χ1) is 12.8. The lowest BCUT2D eigenvalue weighted by Gasteiger charge is -2.18. The van der Waals surface area contributed by atoms with Gasteiger partial charge in [0.2, 0.25) is 0 Å². The maximum absolute atomic E-state index is 12.1. The third-order valence-electron chi connectivity index (χ3n) is 4.00. The van der Waals surface area contributed by atoms with Gasteiger partial charge in [0.15, 0.2) is 13.2 Å². The smallest absolute Gasteiger partial charge is 0.344 e. The number of hydrogen-bond acceptors (Lipinski definition) is 5. The normalized spacial score (nSPS) is 10.2. The summed E-state index contributed by atoms with van der Waals surface area (Å²) in [6.07, 6.45) is 0. The molecule has 2 aromatic carbocycles. The van der Waals surface area contributed by atoms with Gasteiger partial charge >= 0.3 is 5.97 Å². The van der Waals surface area contributed by atoms with Crippen molar-refractivity contribution < 1.29 is 19.1 Å². The Kier molecular flexibility index (Phi) is 7.23. The van der Waals surface area contributed by atoms with Crippen LogP contribution in [0.15, 0.2) is 48.5 Å². The molecule has 2 aromatic rings. The van der Waals surface area contributed by atoms with E-state index in [2.05, 4.69) is 0 Å². The van der Waals surface area contributed by atoms with Gasteiger partial charge in [0.1, 0.15) is 5.75 Å². The second kappa shape index (κ2) is 9.62. The highest BCUT2D eigenvalue weighted by atomic mass is 16.6. The predicted octanol–water partition coefficient (Wildman–Crippen LogP) is 2.64. The van der Waals surface area contributed by atoms with Crippen molar-refractivity contribution in [3.05, 3.63) is 59.7 Å². The molecule has 27 heavy (non-hydrogen) atoms. The summed E-state index contributed by atoms with van der Waals surface area (Å²) in [6.45, 7) is 1.85. The molecule has 0 N–H and O–H groups in total.